The molecule has 5 nitrogen and oxygen atoms in total. The van der Waals surface area contributed by atoms with Crippen LogP contribution in [0.5, 0.6) is 0 Å². The van der Waals surface area contributed by atoms with Crippen molar-refractivity contribution in [1.29, 1.82) is 0 Å². The summed E-state index contributed by atoms with van der Waals surface area (Å²) >= 11 is 0. The van der Waals surface area contributed by atoms with Gasteiger partial charge in [-0.15, -0.1) is 24.0 Å². The minimum Gasteiger partial charge on any atom is -0.378 e. The second kappa shape index (κ2) is 12.5. The van der Waals surface area contributed by atoms with Gasteiger partial charge in [-0.05, 0) is 24.8 Å². The summed E-state index contributed by atoms with van der Waals surface area (Å²) in [7, 11) is 3.65. The first kappa shape index (κ1) is 21.2. The molecule has 1 aromatic carbocycles. The fourth-order valence-electron chi connectivity index (χ4n) is 2.88. The molecule has 136 valence electrons. The molecular weight excluding hydrogens is 415 g/mol. The topological polar surface area (TPSA) is 48.9 Å². The highest BCUT2D eigenvalue weighted by Gasteiger charge is 2.19. The Balaban J connectivity index is 0.00000288. The number of rotatable bonds is 7. The van der Waals surface area contributed by atoms with E-state index in [0.717, 1.165) is 58.0 Å². The molecule has 0 aliphatic carbocycles. The lowest BCUT2D eigenvalue weighted by Crippen LogP contribution is -2.37. The van der Waals surface area contributed by atoms with Crippen molar-refractivity contribution < 1.29 is 4.74 Å². The SMILES string of the molecule is CN=C(NC)NCCCOC1CCN(Cc2ccccc2)CC1.I. The summed E-state index contributed by atoms with van der Waals surface area (Å²) in [5.74, 6) is 0.833. The van der Waals surface area contributed by atoms with E-state index in [4.69, 9.17) is 4.74 Å². The Bertz CT molecular complexity index is 461. The summed E-state index contributed by atoms with van der Waals surface area (Å²) in [4.78, 5) is 6.61. The Morgan fingerprint density at radius 2 is 1.96 bits per heavy atom. The van der Waals surface area contributed by atoms with E-state index in [9.17, 15) is 0 Å². The molecule has 1 fully saturated rings. The molecule has 2 N–H and O–H groups in total. The van der Waals surface area contributed by atoms with E-state index in [1.165, 1.54) is 5.56 Å². The third-order valence-corrected chi connectivity index (χ3v) is 4.21. The standard InChI is InChI=1S/C18H30N4O.HI/c1-19-18(20-2)21-11-6-14-23-17-9-12-22(13-10-17)15-16-7-4-3-5-8-16;/h3-5,7-8,17H,6,9-15H2,1-2H3,(H2,19,20,21);1H. The average Bonchev–Trinajstić information content (AvgIpc) is 2.60. The van der Waals surface area contributed by atoms with E-state index >= 15 is 0 Å². The van der Waals surface area contributed by atoms with Crippen molar-refractivity contribution in [2.75, 3.05) is 40.3 Å². The normalized spacial score (nSPS) is 16.5. The fourth-order valence-corrected chi connectivity index (χ4v) is 2.88. The van der Waals surface area contributed by atoms with Gasteiger partial charge in [-0.3, -0.25) is 9.89 Å². The van der Waals surface area contributed by atoms with Crippen molar-refractivity contribution >= 4 is 29.9 Å². The number of likely N-dealkylation sites (tertiary alicyclic amines) is 1. The minimum atomic E-state index is 0. The highest BCUT2D eigenvalue weighted by atomic mass is 127. The molecule has 1 aliphatic rings. The van der Waals surface area contributed by atoms with Gasteiger partial charge in [-0.1, -0.05) is 30.3 Å². The largest absolute Gasteiger partial charge is 0.378 e. The Hall–Kier alpha value is -0.860. The second-order valence-corrected chi connectivity index (χ2v) is 5.93. The third-order valence-electron chi connectivity index (χ3n) is 4.21. The predicted octanol–water partition coefficient (Wildman–Crippen LogP) is 2.47. The molecule has 0 bridgehead atoms. The maximum Gasteiger partial charge on any atom is 0.190 e. The molecule has 1 aliphatic heterocycles. The highest BCUT2D eigenvalue weighted by molar-refractivity contribution is 14.0. The zero-order valence-corrected chi connectivity index (χ0v) is 17.2. The lowest BCUT2D eigenvalue weighted by atomic mass is 10.1. The number of guanidine groups is 1. The molecule has 0 spiro atoms. The molecular formula is C18H31IN4O. The zero-order chi connectivity index (χ0) is 16.3. The van der Waals surface area contributed by atoms with E-state index in [1.54, 1.807) is 7.05 Å². The molecule has 1 saturated heterocycles. The van der Waals surface area contributed by atoms with Crippen LogP contribution in [0.2, 0.25) is 0 Å². The molecule has 2 rings (SSSR count). The summed E-state index contributed by atoms with van der Waals surface area (Å²) in [6, 6.07) is 10.7. The lowest BCUT2D eigenvalue weighted by Gasteiger charge is -2.32. The molecule has 0 radical (unpaired) electrons. The van der Waals surface area contributed by atoms with Crippen molar-refractivity contribution in [3.8, 4) is 0 Å². The van der Waals surface area contributed by atoms with Gasteiger partial charge in [0.25, 0.3) is 0 Å². The fraction of sp³-hybridized carbons (Fsp3) is 0.611. The molecule has 0 atom stereocenters. The van der Waals surface area contributed by atoms with Gasteiger partial charge < -0.3 is 15.4 Å². The summed E-state index contributed by atoms with van der Waals surface area (Å²) < 4.78 is 6.00. The van der Waals surface area contributed by atoms with Crippen LogP contribution in [0, 0.1) is 0 Å². The molecule has 6 heteroatoms. The molecule has 0 aromatic heterocycles. The van der Waals surface area contributed by atoms with Gasteiger partial charge >= 0.3 is 0 Å². The monoisotopic (exact) mass is 446 g/mol. The Morgan fingerprint density at radius 1 is 1.25 bits per heavy atom. The average molecular weight is 446 g/mol. The number of halogens is 1. The first-order valence-electron chi connectivity index (χ1n) is 8.58. The molecule has 1 aromatic rings. The molecule has 1 heterocycles. The number of ether oxygens (including phenoxy) is 1. The van der Waals surface area contributed by atoms with Crippen LogP contribution in [0.15, 0.2) is 35.3 Å². The van der Waals surface area contributed by atoms with Crippen molar-refractivity contribution in [3.63, 3.8) is 0 Å². The predicted molar refractivity (Wildman–Crippen MR) is 111 cm³/mol. The smallest absolute Gasteiger partial charge is 0.190 e. The first-order chi connectivity index (χ1) is 11.3. The number of piperidine rings is 1. The second-order valence-electron chi connectivity index (χ2n) is 5.93. The summed E-state index contributed by atoms with van der Waals surface area (Å²) in [5.41, 5.74) is 1.40. The number of benzene rings is 1. The van der Waals surface area contributed by atoms with E-state index < -0.39 is 0 Å². The van der Waals surface area contributed by atoms with Crippen LogP contribution in [-0.4, -0.2) is 57.3 Å². The summed E-state index contributed by atoms with van der Waals surface area (Å²) in [5, 5.41) is 6.25. The summed E-state index contributed by atoms with van der Waals surface area (Å²) in [6.45, 7) is 5.02. The van der Waals surface area contributed by atoms with Crippen LogP contribution < -0.4 is 10.6 Å². The van der Waals surface area contributed by atoms with Gasteiger partial charge in [0.2, 0.25) is 0 Å². The van der Waals surface area contributed by atoms with E-state index in [1.807, 2.05) is 7.05 Å². The molecule has 0 unspecified atom stereocenters. The quantitative estimate of drug-likeness (QED) is 0.293. The van der Waals surface area contributed by atoms with Gasteiger partial charge in [0.1, 0.15) is 0 Å². The van der Waals surface area contributed by atoms with E-state index in [0.29, 0.717) is 6.10 Å². The highest BCUT2D eigenvalue weighted by Crippen LogP contribution is 2.16. The van der Waals surface area contributed by atoms with E-state index in [2.05, 4.69) is 50.9 Å². The minimum absolute atomic E-state index is 0. The van der Waals surface area contributed by atoms with Crippen molar-refractivity contribution in [3.05, 3.63) is 35.9 Å². The van der Waals surface area contributed by atoms with Gasteiger partial charge in [0, 0.05) is 46.9 Å². The Labute approximate surface area is 163 Å². The Kier molecular flexibility index (Phi) is 11.0. The maximum absolute atomic E-state index is 6.00. The van der Waals surface area contributed by atoms with Crippen LogP contribution in [0.1, 0.15) is 24.8 Å². The first-order valence-corrected chi connectivity index (χ1v) is 8.58. The summed E-state index contributed by atoms with van der Waals surface area (Å²) in [6.07, 6.45) is 3.70. The lowest BCUT2D eigenvalue weighted by molar-refractivity contribution is 0.00534. The number of hydrogen-bond donors (Lipinski definition) is 2. The van der Waals surface area contributed by atoms with Gasteiger partial charge in [-0.2, -0.15) is 0 Å². The van der Waals surface area contributed by atoms with Crippen LogP contribution in [0.25, 0.3) is 0 Å². The van der Waals surface area contributed by atoms with Crippen LogP contribution >= 0.6 is 24.0 Å². The molecule has 24 heavy (non-hydrogen) atoms. The van der Waals surface area contributed by atoms with Crippen molar-refractivity contribution in [2.45, 2.75) is 31.9 Å². The van der Waals surface area contributed by atoms with Crippen LogP contribution in [-0.2, 0) is 11.3 Å². The zero-order valence-electron chi connectivity index (χ0n) is 14.8. The number of nitrogens with zero attached hydrogens (tertiary/aromatic N) is 2. The third kappa shape index (κ3) is 7.81. The number of nitrogens with one attached hydrogen (secondary N) is 2. The number of hydrogen-bond acceptors (Lipinski definition) is 3. The molecule has 0 amide bonds. The van der Waals surface area contributed by atoms with Crippen molar-refractivity contribution in [1.82, 2.24) is 15.5 Å². The van der Waals surface area contributed by atoms with Gasteiger partial charge in [-0.25, -0.2) is 0 Å². The Morgan fingerprint density at radius 3 is 2.58 bits per heavy atom. The maximum atomic E-state index is 6.00. The number of aliphatic imine (C=N–C) groups is 1. The van der Waals surface area contributed by atoms with E-state index in [-0.39, 0.29) is 24.0 Å². The van der Waals surface area contributed by atoms with Gasteiger partial charge in [0.15, 0.2) is 5.96 Å². The van der Waals surface area contributed by atoms with Gasteiger partial charge in [0.05, 0.1) is 6.10 Å². The molecule has 0 saturated carbocycles. The van der Waals surface area contributed by atoms with Crippen LogP contribution in [0.3, 0.4) is 0 Å². The van der Waals surface area contributed by atoms with Crippen molar-refractivity contribution in [2.24, 2.45) is 4.99 Å². The van der Waals surface area contributed by atoms with Crippen LogP contribution in [0.4, 0.5) is 0 Å².